The Morgan fingerprint density at radius 2 is 1.70 bits per heavy atom. The van der Waals surface area contributed by atoms with E-state index in [0.717, 1.165) is 10.9 Å². The average molecular weight is 514 g/mol. The van der Waals surface area contributed by atoms with E-state index < -0.39 is 5.97 Å². The molecule has 202 valence electrons. The summed E-state index contributed by atoms with van der Waals surface area (Å²) in [5.41, 5.74) is 1.03. The van der Waals surface area contributed by atoms with Gasteiger partial charge in [0.25, 0.3) is 11.5 Å². The highest BCUT2D eigenvalue weighted by atomic mass is 16.5. The Bertz CT molecular complexity index is 1230. The first-order valence-electron chi connectivity index (χ1n) is 12.5. The van der Waals surface area contributed by atoms with Crippen LogP contribution in [0.3, 0.4) is 0 Å². The van der Waals surface area contributed by atoms with Gasteiger partial charge in [-0.15, -0.1) is 0 Å². The quantitative estimate of drug-likeness (QED) is 0.476. The Morgan fingerprint density at radius 1 is 1.03 bits per heavy atom. The third-order valence-electron chi connectivity index (χ3n) is 6.01. The fraction of sp³-hybridized carbons (Fsp3) is 0.444. The number of fused-ring (bicyclic) bond motifs is 1. The number of carbonyl (C=O) groups excluding carboxylic acids is 2. The number of nitrogens with zero attached hydrogens (tertiary/aromatic N) is 4. The molecular formula is C27H39N5O5. The molecule has 10 heteroatoms. The van der Waals surface area contributed by atoms with Gasteiger partial charge < -0.3 is 34.6 Å². The number of anilines is 1. The molecule has 2 aromatic heterocycles. The number of aromatic nitrogens is 1. The van der Waals surface area contributed by atoms with Crippen LogP contribution in [-0.4, -0.2) is 79.7 Å². The molecule has 0 radical (unpaired) electrons. The predicted molar refractivity (Wildman–Crippen MR) is 146 cm³/mol. The van der Waals surface area contributed by atoms with Gasteiger partial charge in [-0.2, -0.15) is 0 Å². The first kappa shape index (κ1) is 29.6. The van der Waals surface area contributed by atoms with Gasteiger partial charge in [0, 0.05) is 44.7 Å². The van der Waals surface area contributed by atoms with Gasteiger partial charge >= 0.3 is 5.97 Å². The topological polar surface area (TPSA) is 123 Å². The second kappa shape index (κ2) is 13.6. The number of para-hydroxylation sites is 1. The molecule has 0 bridgehead atoms. The monoisotopic (exact) mass is 513 g/mol. The number of likely N-dealkylation sites (N-methyl/N-ethyl adjacent to an activating group) is 1. The average Bonchev–Trinajstić information content (AvgIpc) is 3.43. The largest absolute Gasteiger partial charge is 0.462 e. The second-order valence-corrected chi connectivity index (χ2v) is 8.48. The van der Waals surface area contributed by atoms with Crippen molar-refractivity contribution in [3.8, 4) is 0 Å². The van der Waals surface area contributed by atoms with Gasteiger partial charge in [-0.25, -0.2) is 4.79 Å². The molecule has 0 atom stereocenters. The first-order chi connectivity index (χ1) is 17.4. The summed E-state index contributed by atoms with van der Waals surface area (Å²) in [4.78, 5) is 45.1. The van der Waals surface area contributed by atoms with Gasteiger partial charge in [0.2, 0.25) is 0 Å². The van der Waals surface area contributed by atoms with Crippen molar-refractivity contribution in [2.75, 3.05) is 58.3 Å². The number of ether oxygens (including phenoxy) is 1. The van der Waals surface area contributed by atoms with Crippen LogP contribution in [0.4, 0.5) is 5.69 Å². The molecule has 0 saturated carbocycles. The molecule has 10 nitrogen and oxygen atoms in total. The van der Waals surface area contributed by atoms with Gasteiger partial charge in [0.1, 0.15) is 5.56 Å². The lowest BCUT2D eigenvalue weighted by Gasteiger charge is -2.37. The maximum Gasteiger partial charge on any atom is 0.345 e. The van der Waals surface area contributed by atoms with E-state index in [-0.39, 0.29) is 29.8 Å². The molecule has 0 spiro atoms. The summed E-state index contributed by atoms with van der Waals surface area (Å²) in [6, 6.07) is 11.0. The zero-order chi connectivity index (χ0) is 26.2. The number of hydrogen-bond acceptors (Lipinski definition) is 8. The highest BCUT2D eigenvalue weighted by Crippen LogP contribution is 2.30. The second-order valence-electron chi connectivity index (χ2n) is 8.48. The molecule has 3 aromatic rings. The molecule has 1 aromatic carbocycles. The van der Waals surface area contributed by atoms with E-state index in [0.29, 0.717) is 50.7 Å². The highest BCUT2D eigenvalue weighted by molar-refractivity contribution is 6.05. The minimum Gasteiger partial charge on any atom is -0.462 e. The van der Waals surface area contributed by atoms with Crippen molar-refractivity contribution in [3.05, 3.63) is 64.3 Å². The zero-order valence-corrected chi connectivity index (χ0v) is 22.5. The molecule has 1 fully saturated rings. The van der Waals surface area contributed by atoms with Crippen LogP contribution in [0.25, 0.3) is 10.9 Å². The maximum atomic E-state index is 13.6. The molecule has 0 aliphatic carbocycles. The third kappa shape index (κ3) is 6.39. The molecular weight excluding hydrogens is 474 g/mol. The van der Waals surface area contributed by atoms with Crippen molar-refractivity contribution in [2.24, 2.45) is 0 Å². The van der Waals surface area contributed by atoms with E-state index in [1.165, 1.54) is 6.26 Å². The lowest BCUT2D eigenvalue weighted by atomic mass is 10.1. The number of hydrogen-bond donors (Lipinski definition) is 1. The molecule has 3 heterocycles. The fourth-order valence-electron chi connectivity index (χ4n) is 4.32. The molecule has 1 aliphatic rings. The summed E-state index contributed by atoms with van der Waals surface area (Å²) in [5.74, 6) is -0.491. The Kier molecular flexibility index (Phi) is 10.9. The van der Waals surface area contributed by atoms with E-state index in [1.54, 1.807) is 28.5 Å². The Morgan fingerprint density at radius 3 is 2.30 bits per heavy atom. The maximum absolute atomic E-state index is 13.6. The van der Waals surface area contributed by atoms with Gasteiger partial charge in [-0.1, -0.05) is 32.0 Å². The zero-order valence-electron chi connectivity index (χ0n) is 22.5. The molecule has 0 unspecified atom stereocenters. The fourth-order valence-corrected chi connectivity index (χ4v) is 4.32. The van der Waals surface area contributed by atoms with E-state index >= 15 is 0 Å². The number of benzene rings is 1. The first-order valence-corrected chi connectivity index (χ1v) is 12.5. The van der Waals surface area contributed by atoms with Crippen LogP contribution in [0.15, 0.2) is 51.9 Å². The molecule has 1 aliphatic heterocycles. The van der Waals surface area contributed by atoms with Gasteiger partial charge in [-0.05, 0) is 39.2 Å². The van der Waals surface area contributed by atoms with Crippen LogP contribution in [0.5, 0.6) is 0 Å². The number of amides is 1. The van der Waals surface area contributed by atoms with Crippen LogP contribution in [-0.2, 0) is 11.3 Å². The van der Waals surface area contributed by atoms with Crippen molar-refractivity contribution in [2.45, 2.75) is 27.3 Å². The predicted octanol–water partition coefficient (Wildman–Crippen LogP) is 3.48. The number of rotatable bonds is 7. The SMILES string of the molecule is CC.CCOC(=O)c1c(N2CCN(C(=O)c3ccco3)CC2)c2ccccc2n(CCN(C)C)c1=O.N. The lowest BCUT2D eigenvalue weighted by molar-refractivity contribution is 0.0523. The van der Waals surface area contributed by atoms with Gasteiger partial charge in [0.05, 0.1) is 24.1 Å². The number of piperazine rings is 1. The number of esters is 1. The van der Waals surface area contributed by atoms with Crippen molar-refractivity contribution in [1.29, 1.82) is 0 Å². The summed E-state index contributed by atoms with van der Waals surface area (Å²) in [7, 11) is 3.88. The Hall–Kier alpha value is -3.63. The molecule has 4 rings (SSSR count). The van der Waals surface area contributed by atoms with Crippen molar-refractivity contribution in [3.63, 3.8) is 0 Å². The van der Waals surface area contributed by atoms with E-state index in [2.05, 4.69) is 0 Å². The van der Waals surface area contributed by atoms with E-state index in [4.69, 9.17) is 9.15 Å². The van der Waals surface area contributed by atoms with Crippen LogP contribution in [0, 0.1) is 0 Å². The van der Waals surface area contributed by atoms with E-state index in [9.17, 15) is 14.4 Å². The Balaban J connectivity index is 0.00000157. The van der Waals surface area contributed by atoms with Crippen LogP contribution >= 0.6 is 0 Å². The van der Waals surface area contributed by atoms with E-state index in [1.807, 2.05) is 62.0 Å². The minimum atomic E-state index is -0.624. The molecule has 3 N–H and O–H groups in total. The molecule has 37 heavy (non-hydrogen) atoms. The van der Waals surface area contributed by atoms with Crippen LogP contribution < -0.4 is 16.6 Å². The third-order valence-corrected chi connectivity index (χ3v) is 6.01. The number of pyridine rings is 1. The summed E-state index contributed by atoms with van der Waals surface area (Å²) in [6.45, 7) is 8.84. The van der Waals surface area contributed by atoms with Crippen molar-refractivity contribution < 1.29 is 18.7 Å². The normalized spacial score (nSPS) is 13.1. The number of furan rings is 1. The summed E-state index contributed by atoms with van der Waals surface area (Å²) >= 11 is 0. The van der Waals surface area contributed by atoms with Gasteiger partial charge in [-0.3, -0.25) is 9.59 Å². The number of carbonyl (C=O) groups is 2. The van der Waals surface area contributed by atoms with Crippen molar-refractivity contribution >= 4 is 28.5 Å². The van der Waals surface area contributed by atoms with Gasteiger partial charge in [0.15, 0.2) is 5.76 Å². The highest BCUT2D eigenvalue weighted by Gasteiger charge is 2.30. The standard InChI is InChI=1S/C25H30N4O5.C2H6.H3N/c1-4-33-25(32)21-22(27-12-14-28(15-13-27)23(30)20-10-7-17-34-20)18-8-5-6-9-19(18)29(24(21)31)16-11-26(2)3;1-2;/h5-10,17H,4,11-16H2,1-3H3;1-2H3;1H3. The van der Waals surface area contributed by atoms with Crippen LogP contribution in [0.1, 0.15) is 41.7 Å². The van der Waals surface area contributed by atoms with Crippen LogP contribution in [0.2, 0.25) is 0 Å². The molecule has 1 amide bonds. The van der Waals surface area contributed by atoms with Crippen molar-refractivity contribution in [1.82, 2.24) is 20.5 Å². The summed E-state index contributed by atoms with van der Waals surface area (Å²) in [5, 5.41) is 0.815. The minimum absolute atomic E-state index is 0. The summed E-state index contributed by atoms with van der Waals surface area (Å²) < 4.78 is 12.2. The lowest BCUT2D eigenvalue weighted by Crippen LogP contribution is -2.49. The Labute approximate surface area is 218 Å². The summed E-state index contributed by atoms with van der Waals surface area (Å²) in [6.07, 6.45) is 1.48. The smallest absolute Gasteiger partial charge is 0.345 e. The molecule has 1 saturated heterocycles.